The summed E-state index contributed by atoms with van der Waals surface area (Å²) in [4.78, 5) is 4.36. The minimum atomic E-state index is 0.218. The van der Waals surface area contributed by atoms with Gasteiger partial charge in [0, 0.05) is 31.3 Å². The fourth-order valence-electron chi connectivity index (χ4n) is 2.10. The van der Waals surface area contributed by atoms with Crippen LogP contribution in [0.15, 0.2) is 36.5 Å². The molecule has 2 aromatic rings. The third-order valence-corrected chi connectivity index (χ3v) is 3.11. The van der Waals surface area contributed by atoms with Gasteiger partial charge >= 0.3 is 0 Å². The van der Waals surface area contributed by atoms with Crippen LogP contribution in [0.4, 0.5) is 0 Å². The predicted octanol–water partition coefficient (Wildman–Crippen LogP) is 1.65. The molecule has 0 spiro atoms. The lowest BCUT2D eigenvalue weighted by atomic mass is 10.0. The van der Waals surface area contributed by atoms with Gasteiger partial charge < -0.3 is 4.74 Å². The maximum atomic E-state index is 5.58. The monoisotopic (exact) mass is 245 g/mol. The van der Waals surface area contributed by atoms with Crippen molar-refractivity contribution in [2.45, 2.75) is 18.9 Å². The summed E-state index contributed by atoms with van der Waals surface area (Å²) >= 11 is 0. The number of rotatable bonds is 6. The van der Waals surface area contributed by atoms with E-state index in [-0.39, 0.29) is 6.04 Å². The summed E-state index contributed by atoms with van der Waals surface area (Å²) in [6, 6.07) is 10.4. The Bertz CT molecular complexity index is 496. The van der Waals surface area contributed by atoms with Crippen molar-refractivity contribution in [2.24, 2.45) is 5.84 Å². The number of para-hydroxylation sites is 1. The summed E-state index contributed by atoms with van der Waals surface area (Å²) < 4.78 is 5.09. The highest BCUT2D eigenvalue weighted by atomic mass is 16.5. The standard InChI is InChI=1S/C14H19N3O/c1-18-9-7-12(17-15)10-11-6-8-16-14-5-3-2-4-13(11)14/h2-6,8,12,17H,7,9-10,15H2,1H3. The number of nitrogens with two attached hydrogens (primary N) is 1. The third-order valence-electron chi connectivity index (χ3n) is 3.11. The first-order valence-corrected chi connectivity index (χ1v) is 6.13. The third kappa shape index (κ3) is 3.04. The Morgan fingerprint density at radius 2 is 2.17 bits per heavy atom. The lowest BCUT2D eigenvalue weighted by Crippen LogP contribution is -2.37. The molecule has 0 aliphatic heterocycles. The van der Waals surface area contributed by atoms with Gasteiger partial charge in [0.1, 0.15) is 0 Å². The molecule has 4 nitrogen and oxygen atoms in total. The number of pyridine rings is 1. The fraction of sp³-hybridized carbons (Fsp3) is 0.357. The maximum absolute atomic E-state index is 5.58. The van der Waals surface area contributed by atoms with Gasteiger partial charge in [0.15, 0.2) is 0 Å². The van der Waals surface area contributed by atoms with Crippen LogP contribution in [0.3, 0.4) is 0 Å². The van der Waals surface area contributed by atoms with Crippen LogP contribution in [-0.2, 0) is 11.2 Å². The lowest BCUT2D eigenvalue weighted by molar-refractivity contribution is 0.182. The van der Waals surface area contributed by atoms with E-state index in [2.05, 4.69) is 22.5 Å². The Hall–Kier alpha value is -1.49. The first kappa shape index (κ1) is 13.0. The molecule has 1 heterocycles. The van der Waals surface area contributed by atoms with E-state index in [1.165, 1.54) is 10.9 Å². The SMILES string of the molecule is COCCC(Cc1ccnc2ccccc12)NN. The number of hydrazine groups is 1. The molecule has 0 amide bonds. The van der Waals surface area contributed by atoms with Crippen molar-refractivity contribution in [1.82, 2.24) is 10.4 Å². The summed E-state index contributed by atoms with van der Waals surface area (Å²) in [5, 5.41) is 1.19. The molecule has 1 aromatic heterocycles. The predicted molar refractivity (Wildman–Crippen MR) is 73.1 cm³/mol. The zero-order valence-electron chi connectivity index (χ0n) is 10.6. The summed E-state index contributed by atoms with van der Waals surface area (Å²) in [6.07, 6.45) is 3.62. The van der Waals surface area contributed by atoms with Gasteiger partial charge in [-0.3, -0.25) is 16.3 Å². The van der Waals surface area contributed by atoms with Crippen LogP contribution >= 0.6 is 0 Å². The normalized spacial score (nSPS) is 12.8. The number of hydrogen-bond donors (Lipinski definition) is 2. The number of aromatic nitrogens is 1. The molecule has 0 aliphatic carbocycles. The molecule has 96 valence electrons. The smallest absolute Gasteiger partial charge is 0.0704 e. The molecule has 1 aromatic carbocycles. The molecule has 18 heavy (non-hydrogen) atoms. The molecule has 3 N–H and O–H groups in total. The van der Waals surface area contributed by atoms with Gasteiger partial charge in [-0.1, -0.05) is 18.2 Å². The number of benzene rings is 1. The summed E-state index contributed by atoms with van der Waals surface area (Å²) in [7, 11) is 1.70. The highest BCUT2D eigenvalue weighted by Gasteiger charge is 2.09. The molecule has 2 rings (SSSR count). The number of fused-ring (bicyclic) bond motifs is 1. The molecule has 4 heteroatoms. The highest BCUT2D eigenvalue weighted by molar-refractivity contribution is 5.81. The van der Waals surface area contributed by atoms with Crippen molar-refractivity contribution in [2.75, 3.05) is 13.7 Å². The highest BCUT2D eigenvalue weighted by Crippen LogP contribution is 2.18. The first-order valence-electron chi connectivity index (χ1n) is 6.13. The van der Waals surface area contributed by atoms with Gasteiger partial charge in [0.05, 0.1) is 5.52 Å². The Balaban J connectivity index is 2.19. The van der Waals surface area contributed by atoms with Crippen LogP contribution in [-0.4, -0.2) is 24.7 Å². The molecule has 0 saturated heterocycles. The number of methoxy groups -OCH3 is 1. The molecular weight excluding hydrogens is 226 g/mol. The lowest BCUT2D eigenvalue weighted by Gasteiger charge is -2.16. The molecular formula is C14H19N3O. The topological polar surface area (TPSA) is 60.2 Å². The minimum Gasteiger partial charge on any atom is -0.385 e. The second kappa shape index (κ2) is 6.44. The number of nitrogens with one attached hydrogen (secondary N) is 1. The first-order chi connectivity index (χ1) is 8.85. The molecule has 1 unspecified atom stereocenters. The van der Waals surface area contributed by atoms with Gasteiger partial charge in [-0.25, -0.2) is 0 Å². The number of ether oxygens (including phenoxy) is 1. The Kier molecular flexibility index (Phi) is 4.64. The van der Waals surface area contributed by atoms with Crippen LogP contribution < -0.4 is 11.3 Å². The second-order valence-electron chi connectivity index (χ2n) is 4.34. The van der Waals surface area contributed by atoms with Gasteiger partial charge in [-0.2, -0.15) is 0 Å². The second-order valence-corrected chi connectivity index (χ2v) is 4.34. The fourth-order valence-corrected chi connectivity index (χ4v) is 2.10. The molecule has 1 atom stereocenters. The Morgan fingerprint density at radius 3 is 2.94 bits per heavy atom. The van der Waals surface area contributed by atoms with Crippen LogP contribution in [0.25, 0.3) is 10.9 Å². The van der Waals surface area contributed by atoms with Crippen LogP contribution in [0.1, 0.15) is 12.0 Å². The van der Waals surface area contributed by atoms with E-state index >= 15 is 0 Å². The molecule has 0 radical (unpaired) electrons. The molecule has 0 fully saturated rings. The van der Waals surface area contributed by atoms with Crippen LogP contribution in [0, 0.1) is 0 Å². The molecule has 0 bridgehead atoms. The number of nitrogens with zero attached hydrogens (tertiary/aromatic N) is 1. The van der Waals surface area contributed by atoms with E-state index in [1.807, 2.05) is 24.4 Å². The summed E-state index contributed by atoms with van der Waals surface area (Å²) in [5.41, 5.74) is 5.14. The minimum absolute atomic E-state index is 0.218. The van der Waals surface area contributed by atoms with Crippen molar-refractivity contribution in [3.8, 4) is 0 Å². The van der Waals surface area contributed by atoms with Crippen molar-refractivity contribution in [3.05, 3.63) is 42.1 Å². The van der Waals surface area contributed by atoms with Gasteiger partial charge in [0.2, 0.25) is 0 Å². The van der Waals surface area contributed by atoms with E-state index in [4.69, 9.17) is 10.6 Å². The van der Waals surface area contributed by atoms with Crippen LogP contribution in [0.5, 0.6) is 0 Å². The van der Waals surface area contributed by atoms with Crippen molar-refractivity contribution < 1.29 is 4.74 Å². The average Bonchev–Trinajstić information content (AvgIpc) is 2.43. The summed E-state index contributed by atoms with van der Waals surface area (Å²) in [6.45, 7) is 0.706. The zero-order chi connectivity index (χ0) is 12.8. The Labute approximate surface area is 107 Å². The van der Waals surface area contributed by atoms with Gasteiger partial charge in [-0.05, 0) is 30.5 Å². The maximum Gasteiger partial charge on any atom is 0.0704 e. The van der Waals surface area contributed by atoms with Gasteiger partial charge in [0.25, 0.3) is 0 Å². The van der Waals surface area contributed by atoms with E-state index in [1.54, 1.807) is 7.11 Å². The zero-order valence-corrected chi connectivity index (χ0v) is 10.6. The van der Waals surface area contributed by atoms with Gasteiger partial charge in [-0.15, -0.1) is 0 Å². The largest absolute Gasteiger partial charge is 0.385 e. The quantitative estimate of drug-likeness (QED) is 0.600. The van der Waals surface area contributed by atoms with E-state index < -0.39 is 0 Å². The number of hydrogen-bond acceptors (Lipinski definition) is 4. The van der Waals surface area contributed by atoms with Crippen molar-refractivity contribution in [1.29, 1.82) is 0 Å². The van der Waals surface area contributed by atoms with Crippen molar-refractivity contribution >= 4 is 10.9 Å². The molecule has 0 aliphatic rings. The average molecular weight is 245 g/mol. The van der Waals surface area contributed by atoms with E-state index in [0.717, 1.165) is 18.4 Å². The van der Waals surface area contributed by atoms with Crippen molar-refractivity contribution in [3.63, 3.8) is 0 Å². The summed E-state index contributed by atoms with van der Waals surface area (Å²) in [5.74, 6) is 5.58. The van der Waals surface area contributed by atoms with Crippen LogP contribution in [0.2, 0.25) is 0 Å². The van der Waals surface area contributed by atoms with E-state index in [9.17, 15) is 0 Å². The Morgan fingerprint density at radius 1 is 1.33 bits per heavy atom. The van der Waals surface area contributed by atoms with E-state index in [0.29, 0.717) is 6.61 Å². The molecule has 0 saturated carbocycles.